The minimum Gasteiger partial charge on any atom is -0.504 e. The number of halogens is 1. The number of benzene rings is 1. The summed E-state index contributed by atoms with van der Waals surface area (Å²) in [4.78, 5) is 11.6. The number of allylic oxidation sites excluding steroid dienone is 1. The van der Waals surface area contributed by atoms with Gasteiger partial charge in [-0.25, -0.2) is 0 Å². The SMILES string of the molecule is CO/C=C(/c1ccc(Cl)c(C=O)c1/C=N\N(C)C)C1CC2(CNC2)C1. The smallest absolute Gasteiger partial charge is 0.152 e. The van der Waals surface area contributed by atoms with Gasteiger partial charge in [-0.05, 0) is 41.4 Å². The number of hydrazone groups is 1. The van der Waals surface area contributed by atoms with Gasteiger partial charge in [0.2, 0.25) is 0 Å². The number of nitrogens with zero attached hydrogens (tertiary/aromatic N) is 2. The topological polar surface area (TPSA) is 53.9 Å². The first-order valence-corrected chi connectivity index (χ1v) is 8.80. The van der Waals surface area contributed by atoms with Gasteiger partial charge in [-0.2, -0.15) is 5.10 Å². The van der Waals surface area contributed by atoms with Crippen molar-refractivity contribution in [2.75, 3.05) is 34.3 Å². The summed E-state index contributed by atoms with van der Waals surface area (Å²) in [6.07, 6.45) is 6.57. The molecule has 1 aliphatic heterocycles. The number of nitrogens with one attached hydrogen (secondary N) is 1. The van der Waals surface area contributed by atoms with E-state index in [2.05, 4.69) is 10.4 Å². The van der Waals surface area contributed by atoms with Crippen molar-refractivity contribution in [2.45, 2.75) is 12.8 Å². The Morgan fingerprint density at radius 2 is 2.08 bits per heavy atom. The fourth-order valence-corrected chi connectivity index (χ4v) is 3.98. The van der Waals surface area contributed by atoms with E-state index >= 15 is 0 Å². The van der Waals surface area contributed by atoms with Crippen LogP contribution in [0.5, 0.6) is 0 Å². The Bertz CT molecular complexity index is 716. The molecule has 1 spiro atoms. The van der Waals surface area contributed by atoms with Crippen molar-refractivity contribution in [3.8, 4) is 0 Å². The van der Waals surface area contributed by atoms with Gasteiger partial charge in [0.05, 0.1) is 24.6 Å². The van der Waals surface area contributed by atoms with Gasteiger partial charge in [-0.15, -0.1) is 0 Å². The normalized spacial score (nSPS) is 19.6. The Balaban J connectivity index is 2.00. The standard InChI is InChI=1S/C19H24ClN3O2/c1-23(2)22-8-15-14(4-5-18(20)16(15)9-24)17(10-25-3)13-6-19(7-13)11-21-12-19/h4-5,8-10,13,21H,6-7,11-12H2,1-3H3/b17-10+,22-8-. The van der Waals surface area contributed by atoms with E-state index in [4.69, 9.17) is 16.3 Å². The largest absolute Gasteiger partial charge is 0.504 e. The second-order valence-electron chi connectivity index (χ2n) is 7.15. The lowest BCUT2D eigenvalue weighted by Gasteiger charge is -2.55. The zero-order chi connectivity index (χ0) is 18.0. The molecule has 0 aromatic heterocycles. The Morgan fingerprint density at radius 3 is 2.60 bits per heavy atom. The lowest BCUT2D eigenvalue weighted by molar-refractivity contribution is 0.0261. The summed E-state index contributed by atoms with van der Waals surface area (Å²) in [5.74, 6) is 0.425. The maximum atomic E-state index is 11.6. The van der Waals surface area contributed by atoms with Crippen LogP contribution in [0.1, 0.15) is 34.3 Å². The predicted molar refractivity (Wildman–Crippen MR) is 101 cm³/mol. The van der Waals surface area contributed by atoms with E-state index in [0.717, 1.165) is 48.9 Å². The van der Waals surface area contributed by atoms with Crippen LogP contribution in [0.4, 0.5) is 0 Å². The van der Waals surface area contributed by atoms with Crippen molar-refractivity contribution in [1.82, 2.24) is 10.3 Å². The lowest BCUT2D eigenvalue weighted by atomic mass is 9.56. The first-order valence-electron chi connectivity index (χ1n) is 8.42. The van der Waals surface area contributed by atoms with Crippen LogP contribution in [0.25, 0.3) is 5.57 Å². The van der Waals surface area contributed by atoms with Crippen LogP contribution in [-0.4, -0.2) is 51.8 Å². The molecule has 1 saturated carbocycles. The summed E-state index contributed by atoms with van der Waals surface area (Å²) in [6, 6.07) is 3.73. The van der Waals surface area contributed by atoms with Crippen molar-refractivity contribution in [2.24, 2.45) is 16.4 Å². The number of hydrogen-bond acceptors (Lipinski definition) is 5. The number of carbonyl (C=O) groups is 1. The molecule has 0 bridgehead atoms. The maximum Gasteiger partial charge on any atom is 0.152 e. The molecule has 0 atom stereocenters. The molecule has 25 heavy (non-hydrogen) atoms. The summed E-state index contributed by atoms with van der Waals surface area (Å²) < 4.78 is 5.37. The number of rotatable bonds is 6. The van der Waals surface area contributed by atoms with E-state index in [1.54, 1.807) is 30.7 Å². The molecule has 1 saturated heterocycles. The minimum atomic E-state index is 0.425. The third-order valence-corrected chi connectivity index (χ3v) is 5.45. The molecule has 5 nitrogen and oxygen atoms in total. The Labute approximate surface area is 153 Å². The maximum absolute atomic E-state index is 11.6. The zero-order valence-corrected chi connectivity index (χ0v) is 15.6. The Morgan fingerprint density at radius 1 is 1.36 bits per heavy atom. The number of hydrogen-bond donors (Lipinski definition) is 1. The van der Waals surface area contributed by atoms with Crippen molar-refractivity contribution in [3.63, 3.8) is 0 Å². The molecule has 2 aliphatic rings. The van der Waals surface area contributed by atoms with Gasteiger partial charge in [0.1, 0.15) is 0 Å². The molecule has 3 rings (SSSR count). The first kappa shape index (κ1) is 18.0. The van der Waals surface area contributed by atoms with Gasteiger partial charge >= 0.3 is 0 Å². The average Bonchev–Trinajstić information content (AvgIpc) is 2.49. The van der Waals surface area contributed by atoms with Gasteiger partial charge in [0.15, 0.2) is 6.29 Å². The second-order valence-corrected chi connectivity index (χ2v) is 7.56. The average molecular weight is 362 g/mol. The number of ether oxygens (including phenoxy) is 1. The lowest BCUT2D eigenvalue weighted by Crippen LogP contribution is -2.60. The van der Waals surface area contributed by atoms with Crippen LogP contribution < -0.4 is 5.32 Å². The molecule has 1 heterocycles. The van der Waals surface area contributed by atoms with Crippen LogP contribution in [0.2, 0.25) is 5.02 Å². The molecule has 0 radical (unpaired) electrons. The van der Waals surface area contributed by atoms with Crippen LogP contribution in [0, 0.1) is 11.3 Å². The van der Waals surface area contributed by atoms with Crippen molar-refractivity contribution in [3.05, 3.63) is 40.1 Å². The molecule has 134 valence electrons. The molecule has 1 aliphatic carbocycles. The molecule has 1 aromatic rings. The van der Waals surface area contributed by atoms with Gasteiger partial charge in [-0.1, -0.05) is 17.7 Å². The number of carbonyl (C=O) groups excluding carboxylic acids is 1. The van der Waals surface area contributed by atoms with Crippen LogP contribution in [-0.2, 0) is 4.74 Å². The Kier molecular flexibility index (Phi) is 5.16. The highest BCUT2D eigenvalue weighted by Gasteiger charge is 2.49. The van der Waals surface area contributed by atoms with E-state index in [1.807, 2.05) is 20.2 Å². The monoisotopic (exact) mass is 361 g/mol. The van der Waals surface area contributed by atoms with Gasteiger partial charge in [0, 0.05) is 38.3 Å². The van der Waals surface area contributed by atoms with E-state index in [1.165, 1.54) is 0 Å². The van der Waals surface area contributed by atoms with Gasteiger partial charge < -0.3 is 15.1 Å². The quantitative estimate of drug-likeness (QED) is 0.366. The summed E-state index contributed by atoms with van der Waals surface area (Å²) in [6.45, 7) is 2.19. The third-order valence-electron chi connectivity index (χ3n) is 5.12. The first-order chi connectivity index (χ1) is 12.0. The number of methoxy groups -OCH3 is 1. The Hall–Kier alpha value is -1.85. The van der Waals surface area contributed by atoms with Crippen molar-refractivity contribution < 1.29 is 9.53 Å². The van der Waals surface area contributed by atoms with Gasteiger partial charge in [0.25, 0.3) is 0 Å². The molecular weight excluding hydrogens is 338 g/mol. The molecule has 2 fully saturated rings. The van der Waals surface area contributed by atoms with Crippen LogP contribution in [0.3, 0.4) is 0 Å². The highest BCUT2D eigenvalue weighted by atomic mass is 35.5. The van der Waals surface area contributed by atoms with Crippen molar-refractivity contribution in [1.29, 1.82) is 0 Å². The highest BCUT2D eigenvalue weighted by Crippen LogP contribution is 2.53. The summed E-state index contributed by atoms with van der Waals surface area (Å²) >= 11 is 6.24. The molecular formula is C19H24ClN3O2. The van der Waals surface area contributed by atoms with E-state index < -0.39 is 0 Å². The third kappa shape index (κ3) is 3.44. The van der Waals surface area contributed by atoms with Crippen LogP contribution in [0.15, 0.2) is 23.5 Å². The number of aldehydes is 1. The van der Waals surface area contributed by atoms with E-state index in [9.17, 15) is 4.79 Å². The predicted octanol–water partition coefficient (Wildman–Crippen LogP) is 3.03. The summed E-state index contributed by atoms with van der Waals surface area (Å²) in [5, 5.41) is 9.81. The summed E-state index contributed by atoms with van der Waals surface area (Å²) in [5.41, 5.74) is 3.74. The van der Waals surface area contributed by atoms with E-state index in [-0.39, 0.29) is 0 Å². The summed E-state index contributed by atoms with van der Waals surface area (Å²) in [7, 11) is 5.34. The molecule has 6 heteroatoms. The molecule has 1 aromatic carbocycles. The van der Waals surface area contributed by atoms with E-state index in [0.29, 0.717) is 21.9 Å². The highest BCUT2D eigenvalue weighted by molar-refractivity contribution is 6.33. The molecule has 1 N–H and O–H groups in total. The molecule has 0 unspecified atom stereocenters. The van der Waals surface area contributed by atoms with Crippen molar-refractivity contribution >= 4 is 29.7 Å². The second kappa shape index (κ2) is 7.18. The minimum absolute atomic E-state index is 0.425. The fraction of sp³-hybridized carbons (Fsp3) is 0.474. The fourth-order valence-electron chi connectivity index (χ4n) is 3.77. The molecule has 0 amide bonds. The zero-order valence-electron chi connectivity index (χ0n) is 14.9. The van der Waals surface area contributed by atoms with Crippen LogP contribution >= 0.6 is 11.6 Å². The van der Waals surface area contributed by atoms with Gasteiger partial charge in [-0.3, -0.25) is 4.79 Å².